The molecule has 0 bridgehead atoms. The summed E-state index contributed by atoms with van der Waals surface area (Å²) in [6, 6.07) is 6.78. The maximum atomic E-state index is 10.7. The van der Waals surface area contributed by atoms with Crippen LogP contribution in [0.2, 0.25) is 0 Å². The molecule has 1 aromatic rings. The second-order valence-electron chi connectivity index (χ2n) is 7.90. The molecule has 0 unspecified atom stereocenters. The van der Waals surface area contributed by atoms with Gasteiger partial charge in [-0.05, 0) is 47.8 Å². The van der Waals surface area contributed by atoms with Crippen molar-refractivity contribution in [1.29, 1.82) is 0 Å². The predicted octanol–water partition coefficient (Wildman–Crippen LogP) is 5.89. The van der Waals surface area contributed by atoms with Crippen LogP contribution in [0.3, 0.4) is 0 Å². The highest BCUT2D eigenvalue weighted by Crippen LogP contribution is 2.29. The molecule has 5 heteroatoms. The summed E-state index contributed by atoms with van der Waals surface area (Å²) >= 11 is 0. The minimum atomic E-state index is -4.04. The summed E-state index contributed by atoms with van der Waals surface area (Å²) < 4.78 is 10.7. The number of hydrogen-bond acceptors (Lipinski definition) is 1. The molecular weight excluding hydrogens is 345 g/mol. The van der Waals surface area contributed by atoms with E-state index in [0.29, 0.717) is 18.4 Å². The molecule has 0 fully saturated rings. The zero-order valence-electron chi connectivity index (χ0n) is 17.0. The van der Waals surface area contributed by atoms with Crippen LogP contribution in [-0.4, -0.2) is 16.3 Å². The number of benzene rings is 1. The summed E-state index contributed by atoms with van der Waals surface area (Å²) in [5.41, 5.74) is 4.59. The third kappa shape index (κ3) is 9.32. The van der Waals surface area contributed by atoms with Crippen LogP contribution in [0.5, 0.6) is 0 Å². The van der Waals surface area contributed by atoms with Gasteiger partial charge in [0.2, 0.25) is 0 Å². The van der Waals surface area contributed by atoms with Crippen molar-refractivity contribution in [3.05, 3.63) is 34.9 Å². The predicted molar refractivity (Wildman–Crippen MR) is 111 cm³/mol. The Hall–Kier alpha value is -0.670. The summed E-state index contributed by atoms with van der Waals surface area (Å²) in [6.07, 6.45) is 9.11. The molecular formula is C21H38NO3P. The standard InChI is InChI=1S/C21H38NO3P/c1-17(2)19-14-12-15-20(18(3)4)21(19)13-10-8-6-5-7-9-11-16-22-26(23,24)25/h12,14-15,17-18H,5-11,13,16H2,1-4H3,(H3,22,23,24,25). The van der Waals surface area contributed by atoms with Gasteiger partial charge in [0.25, 0.3) is 0 Å². The van der Waals surface area contributed by atoms with Gasteiger partial charge in [-0.15, -0.1) is 0 Å². The lowest BCUT2D eigenvalue weighted by molar-refractivity contribution is 0.356. The summed E-state index contributed by atoms with van der Waals surface area (Å²) in [6.45, 7) is 9.53. The number of nitrogens with one attached hydrogen (secondary N) is 1. The number of unbranched alkanes of at least 4 members (excludes halogenated alkanes) is 6. The van der Waals surface area contributed by atoms with E-state index >= 15 is 0 Å². The molecule has 0 saturated carbocycles. The third-order valence-corrected chi connectivity index (χ3v) is 5.55. The van der Waals surface area contributed by atoms with Crippen molar-refractivity contribution in [3.63, 3.8) is 0 Å². The van der Waals surface area contributed by atoms with Crippen LogP contribution >= 0.6 is 7.75 Å². The quantitative estimate of drug-likeness (QED) is 0.293. The second kappa shape index (κ2) is 11.9. The smallest absolute Gasteiger partial charge is 0.313 e. The Morgan fingerprint density at radius 2 is 1.31 bits per heavy atom. The van der Waals surface area contributed by atoms with Gasteiger partial charge in [-0.1, -0.05) is 78.0 Å². The highest BCUT2D eigenvalue weighted by molar-refractivity contribution is 7.49. The Kier molecular flexibility index (Phi) is 10.7. The zero-order valence-corrected chi connectivity index (χ0v) is 17.9. The van der Waals surface area contributed by atoms with Gasteiger partial charge in [0.1, 0.15) is 0 Å². The summed E-state index contributed by atoms with van der Waals surface area (Å²) in [5, 5.41) is 2.25. The van der Waals surface area contributed by atoms with Crippen molar-refractivity contribution in [2.24, 2.45) is 0 Å². The maximum Gasteiger partial charge on any atom is 0.400 e. The first kappa shape index (κ1) is 23.4. The fourth-order valence-corrected chi connectivity index (χ4v) is 3.98. The molecule has 0 amide bonds. The Labute approximate surface area is 160 Å². The van der Waals surface area contributed by atoms with Crippen molar-refractivity contribution in [1.82, 2.24) is 5.09 Å². The fourth-order valence-electron chi connectivity index (χ4n) is 3.53. The van der Waals surface area contributed by atoms with E-state index in [-0.39, 0.29) is 0 Å². The largest absolute Gasteiger partial charge is 0.400 e. The van der Waals surface area contributed by atoms with E-state index in [1.54, 1.807) is 5.56 Å². The van der Waals surface area contributed by atoms with Crippen LogP contribution in [0.1, 0.15) is 101 Å². The van der Waals surface area contributed by atoms with Crippen LogP contribution in [0.25, 0.3) is 0 Å². The molecule has 1 aromatic carbocycles. The molecule has 0 radical (unpaired) electrons. The topological polar surface area (TPSA) is 69.6 Å². The Balaban J connectivity index is 2.27. The Morgan fingerprint density at radius 3 is 1.77 bits per heavy atom. The van der Waals surface area contributed by atoms with Crippen molar-refractivity contribution in [2.75, 3.05) is 6.54 Å². The maximum absolute atomic E-state index is 10.7. The molecule has 0 aromatic heterocycles. The van der Waals surface area contributed by atoms with Crippen LogP contribution in [0.4, 0.5) is 0 Å². The molecule has 0 saturated heterocycles. The minimum absolute atomic E-state index is 0.397. The molecule has 0 heterocycles. The fraction of sp³-hybridized carbons (Fsp3) is 0.714. The van der Waals surface area contributed by atoms with Crippen LogP contribution in [0, 0.1) is 0 Å². The van der Waals surface area contributed by atoms with E-state index in [9.17, 15) is 4.57 Å². The minimum Gasteiger partial charge on any atom is -0.313 e. The van der Waals surface area contributed by atoms with Crippen molar-refractivity contribution < 1.29 is 14.4 Å². The van der Waals surface area contributed by atoms with Crippen molar-refractivity contribution in [2.45, 2.75) is 90.9 Å². The van der Waals surface area contributed by atoms with Crippen molar-refractivity contribution in [3.8, 4) is 0 Å². The lowest BCUT2D eigenvalue weighted by Crippen LogP contribution is -2.10. The van der Waals surface area contributed by atoms with Gasteiger partial charge in [0, 0.05) is 6.54 Å². The van der Waals surface area contributed by atoms with E-state index < -0.39 is 7.75 Å². The molecule has 1 rings (SSSR count). The van der Waals surface area contributed by atoms with Gasteiger partial charge in [0.15, 0.2) is 0 Å². The highest BCUT2D eigenvalue weighted by atomic mass is 31.2. The average molecular weight is 384 g/mol. The third-order valence-electron chi connectivity index (χ3n) is 4.91. The molecule has 0 aliphatic carbocycles. The summed E-state index contributed by atoms with van der Waals surface area (Å²) in [7, 11) is -4.04. The van der Waals surface area contributed by atoms with Gasteiger partial charge in [0.05, 0.1) is 0 Å². The van der Waals surface area contributed by atoms with Gasteiger partial charge in [-0.3, -0.25) is 0 Å². The van der Waals surface area contributed by atoms with E-state index in [4.69, 9.17) is 9.79 Å². The van der Waals surface area contributed by atoms with E-state index in [2.05, 4.69) is 51.0 Å². The molecule has 0 aliphatic rings. The second-order valence-corrected chi connectivity index (χ2v) is 9.31. The first-order chi connectivity index (χ1) is 12.2. The normalized spacial score (nSPS) is 12.3. The lowest BCUT2D eigenvalue weighted by Gasteiger charge is -2.19. The average Bonchev–Trinajstić information content (AvgIpc) is 2.55. The molecule has 0 atom stereocenters. The Bertz CT molecular complexity index is 540. The lowest BCUT2D eigenvalue weighted by atomic mass is 9.86. The first-order valence-corrected chi connectivity index (χ1v) is 11.8. The Morgan fingerprint density at radius 1 is 0.846 bits per heavy atom. The van der Waals surface area contributed by atoms with Crippen molar-refractivity contribution >= 4 is 7.75 Å². The monoisotopic (exact) mass is 383 g/mol. The molecule has 3 N–H and O–H groups in total. The zero-order chi connectivity index (χ0) is 19.6. The number of rotatable bonds is 13. The molecule has 26 heavy (non-hydrogen) atoms. The highest BCUT2D eigenvalue weighted by Gasteiger charge is 2.13. The van der Waals surface area contributed by atoms with E-state index in [1.165, 1.54) is 43.2 Å². The molecule has 0 aliphatic heterocycles. The van der Waals surface area contributed by atoms with Gasteiger partial charge in [-0.2, -0.15) is 0 Å². The SMILES string of the molecule is CC(C)c1cccc(C(C)C)c1CCCCCCCCCNP(=O)(O)O. The van der Waals surface area contributed by atoms with Crippen LogP contribution < -0.4 is 5.09 Å². The summed E-state index contributed by atoms with van der Waals surface area (Å²) in [4.78, 5) is 17.4. The summed E-state index contributed by atoms with van der Waals surface area (Å²) in [5.74, 6) is 1.15. The molecule has 0 spiro atoms. The van der Waals surface area contributed by atoms with Crippen LogP contribution in [0.15, 0.2) is 18.2 Å². The van der Waals surface area contributed by atoms with Gasteiger partial charge in [-0.25, -0.2) is 9.65 Å². The van der Waals surface area contributed by atoms with E-state index in [1.807, 2.05) is 0 Å². The van der Waals surface area contributed by atoms with Gasteiger partial charge >= 0.3 is 7.75 Å². The van der Waals surface area contributed by atoms with Gasteiger partial charge < -0.3 is 9.79 Å². The number of hydrogen-bond donors (Lipinski definition) is 3. The first-order valence-electron chi connectivity index (χ1n) is 10.1. The molecule has 150 valence electrons. The van der Waals surface area contributed by atoms with Crippen LogP contribution in [-0.2, 0) is 11.0 Å². The van der Waals surface area contributed by atoms with E-state index in [0.717, 1.165) is 19.3 Å². The molecule has 4 nitrogen and oxygen atoms in total.